The molecule has 2 heterocycles. The molecule has 166 valence electrons. The molecule has 2 aromatic carbocycles. The van der Waals surface area contributed by atoms with Gasteiger partial charge in [0.25, 0.3) is 11.8 Å². The van der Waals surface area contributed by atoms with Crippen LogP contribution in [0.3, 0.4) is 0 Å². The summed E-state index contributed by atoms with van der Waals surface area (Å²) >= 11 is 5.92. The van der Waals surface area contributed by atoms with Crippen LogP contribution >= 0.6 is 11.6 Å². The molecule has 4 rings (SSSR count). The van der Waals surface area contributed by atoms with Gasteiger partial charge in [-0.3, -0.25) is 14.4 Å². The largest absolute Gasteiger partial charge is 0.481 e. The average molecular weight is 462 g/mol. The fourth-order valence-corrected chi connectivity index (χ4v) is 3.58. The molecule has 0 saturated heterocycles. The number of hydrogen-bond donors (Lipinski definition) is 1. The highest BCUT2D eigenvalue weighted by molar-refractivity contribution is 6.36. The summed E-state index contributed by atoms with van der Waals surface area (Å²) in [7, 11) is 3.13. The molecular formula is C25H20ClN3O4. The van der Waals surface area contributed by atoms with E-state index < -0.39 is 11.7 Å². The lowest BCUT2D eigenvalue weighted by molar-refractivity contribution is -0.114. The number of fused-ring (bicyclic) bond motifs is 1. The number of methoxy groups -OCH3 is 1. The lowest BCUT2D eigenvalue weighted by Crippen LogP contribution is -2.37. The van der Waals surface area contributed by atoms with Crippen LogP contribution in [0.2, 0.25) is 5.02 Å². The number of aromatic nitrogens is 1. The first-order chi connectivity index (χ1) is 15.9. The summed E-state index contributed by atoms with van der Waals surface area (Å²) < 4.78 is 5.03. The van der Waals surface area contributed by atoms with Crippen molar-refractivity contribution < 1.29 is 19.1 Å². The fraction of sp³-hybridized carbons (Fsp3) is 0.120. The number of nitrogens with one attached hydrogen (secondary N) is 1. The molecule has 1 aliphatic rings. The van der Waals surface area contributed by atoms with Gasteiger partial charge in [-0.15, -0.1) is 0 Å². The topological polar surface area (TPSA) is 88.6 Å². The summed E-state index contributed by atoms with van der Waals surface area (Å²) in [6, 6.07) is 15.0. The zero-order valence-electron chi connectivity index (χ0n) is 18.0. The third-order valence-electron chi connectivity index (χ3n) is 5.29. The second-order valence-electron chi connectivity index (χ2n) is 7.43. The van der Waals surface area contributed by atoms with Crippen LogP contribution in [0.5, 0.6) is 5.88 Å². The monoisotopic (exact) mass is 461 g/mol. The Balaban J connectivity index is 1.58. The number of pyridine rings is 1. The minimum absolute atomic E-state index is 0.0224. The van der Waals surface area contributed by atoms with E-state index in [-0.39, 0.29) is 23.6 Å². The predicted octanol–water partition coefficient (Wildman–Crippen LogP) is 3.92. The molecule has 0 bridgehead atoms. The summed E-state index contributed by atoms with van der Waals surface area (Å²) in [5.41, 5.74) is 2.56. The zero-order valence-corrected chi connectivity index (χ0v) is 18.7. The van der Waals surface area contributed by atoms with Crippen LogP contribution in [0.25, 0.3) is 6.08 Å². The maximum absolute atomic E-state index is 13.2. The van der Waals surface area contributed by atoms with Gasteiger partial charge in [-0.25, -0.2) is 4.98 Å². The van der Waals surface area contributed by atoms with Gasteiger partial charge >= 0.3 is 0 Å². The van der Waals surface area contributed by atoms with Gasteiger partial charge in [0.05, 0.1) is 18.4 Å². The van der Waals surface area contributed by atoms with Crippen molar-refractivity contribution in [3.05, 3.63) is 93.6 Å². The van der Waals surface area contributed by atoms with E-state index in [1.807, 2.05) is 0 Å². The molecular weight excluding hydrogens is 442 g/mol. The van der Waals surface area contributed by atoms with E-state index in [1.165, 1.54) is 24.2 Å². The van der Waals surface area contributed by atoms with Crippen LogP contribution in [0.1, 0.15) is 31.8 Å². The standard InChI is InChI=1S/C25H20ClN3O4/c1-29-21-9-6-17(24(31)28-14-16-5-10-22(33-2)27-13-16)12-19(21)23(30)20(25(29)32)11-15-3-7-18(26)8-4-15/h3-13H,14H2,1-2H3,(H,28,31). The fourth-order valence-electron chi connectivity index (χ4n) is 3.46. The third-order valence-corrected chi connectivity index (χ3v) is 5.54. The van der Waals surface area contributed by atoms with Gasteiger partial charge < -0.3 is 15.0 Å². The normalized spacial score (nSPS) is 14.3. The average Bonchev–Trinajstić information content (AvgIpc) is 2.85. The van der Waals surface area contributed by atoms with Gasteiger partial charge in [-0.1, -0.05) is 29.8 Å². The van der Waals surface area contributed by atoms with E-state index >= 15 is 0 Å². The molecule has 0 aliphatic carbocycles. The highest BCUT2D eigenvalue weighted by Gasteiger charge is 2.33. The van der Waals surface area contributed by atoms with E-state index in [1.54, 1.807) is 61.8 Å². The number of carbonyl (C=O) groups excluding carboxylic acids is 3. The van der Waals surface area contributed by atoms with Crippen molar-refractivity contribution in [2.45, 2.75) is 6.54 Å². The lowest BCUT2D eigenvalue weighted by Gasteiger charge is -2.27. The Bertz CT molecular complexity index is 1270. The van der Waals surface area contributed by atoms with Crippen LogP contribution in [0.4, 0.5) is 5.69 Å². The summed E-state index contributed by atoms with van der Waals surface area (Å²) in [5, 5.41) is 3.37. The van der Waals surface area contributed by atoms with Crippen molar-refractivity contribution >= 4 is 41.0 Å². The van der Waals surface area contributed by atoms with Gasteiger partial charge in [0.2, 0.25) is 11.7 Å². The number of halogens is 1. The Hall–Kier alpha value is -3.97. The van der Waals surface area contributed by atoms with Gasteiger partial charge in [0, 0.05) is 42.0 Å². The quantitative estimate of drug-likeness (QED) is 0.459. The molecule has 0 fully saturated rings. The number of likely N-dealkylation sites (N-methyl/N-ethyl adjacent to an activating group) is 1. The number of nitrogens with zero attached hydrogens (tertiary/aromatic N) is 2. The number of benzene rings is 2. The summed E-state index contributed by atoms with van der Waals surface area (Å²) in [6.07, 6.45) is 3.15. The second-order valence-corrected chi connectivity index (χ2v) is 7.86. The van der Waals surface area contributed by atoms with Gasteiger partial charge in [-0.2, -0.15) is 0 Å². The predicted molar refractivity (Wildman–Crippen MR) is 126 cm³/mol. The van der Waals surface area contributed by atoms with Crippen LogP contribution in [0, 0.1) is 0 Å². The van der Waals surface area contributed by atoms with Crippen molar-refractivity contribution in [3.8, 4) is 5.88 Å². The van der Waals surface area contributed by atoms with Crippen LogP contribution in [0.15, 0.2) is 66.4 Å². The van der Waals surface area contributed by atoms with Crippen LogP contribution in [-0.4, -0.2) is 36.7 Å². The van der Waals surface area contributed by atoms with E-state index in [9.17, 15) is 14.4 Å². The second kappa shape index (κ2) is 9.26. The number of carbonyl (C=O) groups is 3. The molecule has 33 heavy (non-hydrogen) atoms. The first-order valence-electron chi connectivity index (χ1n) is 10.1. The van der Waals surface area contributed by atoms with Crippen molar-refractivity contribution in [1.29, 1.82) is 0 Å². The Morgan fingerprint density at radius 1 is 1.12 bits per heavy atom. The molecule has 0 radical (unpaired) electrons. The van der Waals surface area contributed by atoms with Crippen molar-refractivity contribution in [2.24, 2.45) is 0 Å². The molecule has 0 saturated carbocycles. The number of Topliss-reactive ketones (excluding diaryl/α,β-unsaturated/α-hetero) is 1. The molecule has 3 aromatic rings. The molecule has 0 atom stereocenters. The van der Waals surface area contributed by atoms with Gasteiger partial charge in [0.15, 0.2) is 0 Å². The molecule has 1 aromatic heterocycles. The van der Waals surface area contributed by atoms with Crippen molar-refractivity contribution in [3.63, 3.8) is 0 Å². The molecule has 1 N–H and O–H groups in total. The first kappa shape index (κ1) is 22.2. The Morgan fingerprint density at radius 3 is 2.55 bits per heavy atom. The number of ether oxygens (including phenoxy) is 1. The first-order valence-corrected chi connectivity index (χ1v) is 10.5. The minimum Gasteiger partial charge on any atom is -0.481 e. The molecule has 8 heteroatoms. The van der Waals surface area contributed by atoms with Gasteiger partial charge in [-0.05, 0) is 47.5 Å². The summed E-state index contributed by atoms with van der Waals surface area (Å²) in [4.78, 5) is 44.2. The highest BCUT2D eigenvalue weighted by Crippen LogP contribution is 2.31. The van der Waals surface area contributed by atoms with Crippen molar-refractivity contribution in [2.75, 3.05) is 19.1 Å². The third kappa shape index (κ3) is 4.63. The maximum Gasteiger partial charge on any atom is 0.262 e. The summed E-state index contributed by atoms with van der Waals surface area (Å²) in [5.74, 6) is -0.702. The van der Waals surface area contributed by atoms with Gasteiger partial charge in [0.1, 0.15) is 0 Å². The molecule has 2 amide bonds. The number of ketones is 1. The Kier molecular flexibility index (Phi) is 6.24. The molecule has 7 nitrogen and oxygen atoms in total. The smallest absolute Gasteiger partial charge is 0.262 e. The van der Waals surface area contributed by atoms with E-state index in [0.717, 1.165) is 5.56 Å². The maximum atomic E-state index is 13.2. The number of anilines is 1. The number of amides is 2. The molecule has 0 spiro atoms. The van der Waals surface area contributed by atoms with Crippen molar-refractivity contribution in [1.82, 2.24) is 10.3 Å². The lowest BCUT2D eigenvalue weighted by atomic mass is 9.92. The van der Waals surface area contributed by atoms with E-state index in [4.69, 9.17) is 16.3 Å². The minimum atomic E-state index is -0.433. The van der Waals surface area contributed by atoms with Crippen LogP contribution < -0.4 is 15.0 Å². The van der Waals surface area contributed by atoms with E-state index in [2.05, 4.69) is 10.3 Å². The Labute approximate surface area is 195 Å². The highest BCUT2D eigenvalue weighted by atomic mass is 35.5. The molecule has 0 unspecified atom stereocenters. The summed E-state index contributed by atoms with van der Waals surface area (Å²) in [6.45, 7) is 0.265. The number of rotatable bonds is 5. The van der Waals surface area contributed by atoms with E-state index in [0.29, 0.717) is 27.7 Å². The SMILES string of the molecule is COc1ccc(CNC(=O)c2ccc3c(c2)C(=O)C(=Cc2ccc(Cl)cc2)C(=O)N3C)cn1. The number of hydrogen-bond acceptors (Lipinski definition) is 5. The Morgan fingerprint density at radius 2 is 1.88 bits per heavy atom. The van der Waals surface area contributed by atoms with Crippen LogP contribution in [-0.2, 0) is 11.3 Å². The molecule has 1 aliphatic heterocycles. The zero-order chi connectivity index (χ0) is 23.5.